The smallest absolute Gasteiger partial charge is 0.407 e. The van der Waals surface area contributed by atoms with Crippen molar-refractivity contribution in [1.29, 1.82) is 0 Å². The largest absolute Gasteiger partial charge is 0.480 e. The number of hydrogen-bond donors (Lipinski definition) is 3. The number of methoxy groups -OCH3 is 1. The van der Waals surface area contributed by atoms with Crippen LogP contribution in [0.15, 0.2) is 48.5 Å². The third-order valence-electron chi connectivity index (χ3n) is 6.09. The number of fused-ring (bicyclic) bond motifs is 3. The van der Waals surface area contributed by atoms with E-state index in [1.165, 1.54) is 0 Å². The maximum Gasteiger partial charge on any atom is 0.407 e. The second-order valence-electron chi connectivity index (χ2n) is 8.76. The Kier molecular flexibility index (Phi) is 8.46. The molecule has 9 heteroatoms. The monoisotopic (exact) mass is 482 g/mol. The van der Waals surface area contributed by atoms with Crippen molar-refractivity contribution >= 4 is 23.9 Å². The molecule has 0 bridgehead atoms. The molecule has 35 heavy (non-hydrogen) atoms. The zero-order chi connectivity index (χ0) is 25.5. The third kappa shape index (κ3) is 6.38. The van der Waals surface area contributed by atoms with Crippen LogP contribution in [0.5, 0.6) is 0 Å². The van der Waals surface area contributed by atoms with Gasteiger partial charge in [0.25, 0.3) is 0 Å². The highest BCUT2D eigenvalue weighted by molar-refractivity contribution is 5.87. The van der Waals surface area contributed by atoms with Crippen molar-refractivity contribution in [2.45, 2.75) is 44.7 Å². The lowest BCUT2D eigenvalue weighted by molar-refractivity contribution is -0.148. The molecule has 2 atom stereocenters. The minimum absolute atomic E-state index is 0.0939. The van der Waals surface area contributed by atoms with E-state index in [4.69, 9.17) is 4.74 Å². The van der Waals surface area contributed by atoms with Crippen LogP contribution in [-0.2, 0) is 23.9 Å². The molecule has 3 N–H and O–H groups in total. The van der Waals surface area contributed by atoms with Crippen LogP contribution in [0.2, 0.25) is 0 Å². The summed E-state index contributed by atoms with van der Waals surface area (Å²) in [6.45, 7) is 3.78. The third-order valence-corrected chi connectivity index (χ3v) is 6.09. The summed E-state index contributed by atoms with van der Waals surface area (Å²) >= 11 is 0. The number of rotatable bonds is 10. The van der Waals surface area contributed by atoms with Crippen LogP contribution in [0.25, 0.3) is 11.1 Å². The summed E-state index contributed by atoms with van der Waals surface area (Å²) in [5, 5.41) is 14.3. The summed E-state index contributed by atoms with van der Waals surface area (Å²) in [4.78, 5) is 47.8. The minimum atomic E-state index is -1.42. The van der Waals surface area contributed by atoms with Crippen molar-refractivity contribution in [3.8, 4) is 11.1 Å². The minimum Gasteiger partial charge on any atom is -0.480 e. The van der Waals surface area contributed by atoms with Gasteiger partial charge in [0, 0.05) is 18.4 Å². The van der Waals surface area contributed by atoms with E-state index in [1.54, 1.807) is 0 Å². The molecule has 1 aliphatic carbocycles. The van der Waals surface area contributed by atoms with E-state index in [-0.39, 0.29) is 24.9 Å². The molecule has 2 aromatic carbocycles. The Hall–Kier alpha value is -3.88. The van der Waals surface area contributed by atoms with Crippen molar-refractivity contribution in [2.24, 2.45) is 5.92 Å². The molecule has 0 saturated heterocycles. The molecular formula is C26H30N2O7. The highest BCUT2D eigenvalue weighted by atomic mass is 16.5. The van der Waals surface area contributed by atoms with E-state index >= 15 is 0 Å². The predicted molar refractivity (Wildman–Crippen MR) is 128 cm³/mol. The highest BCUT2D eigenvalue weighted by Gasteiger charge is 2.30. The molecule has 2 amide bonds. The average Bonchev–Trinajstić information content (AvgIpc) is 3.15. The number of amides is 2. The number of carboxylic acid groups (broad SMARTS) is 1. The van der Waals surface area contributed by atoms with Gasteiger partial charge in [-0.15, -0.1) is 0 Å². The first-order valence-electron chi connectivity index (χ1n) is 11.4. The quantitative estimate of drug-likeness (QED) is 0.444. The number of carbonyl (C=O) groups is 4. The van der Waals surface area contributed by atoms with E-state index in [0.717, 1.165) is 29.4 Å². The highest BCUT2D eigenvalue weighted by Crippen LogP contribution is 2.44. The Balaban J connectivity index is 1.59. The molecule has 1 unspecified atom stereocenters. The Bertz CT molecular complexity index is 1050. The van der Waals surface area contributed by atoms with Crippen molar-refractivity contribution in [3.63, 3.8) is 0 Å². The zero-order valence-corrected chi connectivity index (χ0v) is 19.9. The maximum absolute atomic E-state index is 12.6. The van der Waals surface area contributed by atoms with Gasteiger partial charge in [-0.2, -0.15) is 0 Å². The van der Waals surface area contributed by atoms with Gasteiger partial charge in [-0.3, -0.25) is 9.59 Å². The molecule has 0 spiro atoms. The predicted octanol–water partition coefficient (Wildman–Crippen LogP) is 3.07. The lowest BCUT2D eigenvalue weighted by Gasteiger charge is -2.23. The van der Waals surface area contributed by atoms with E-state index < -0.39 is 42.4 Å². The lowest BCUT2D eigenvalue weighted by Crippen LogP contribution is -2.47. The van der Waals surface area contributed by atoms with Crippen LogP contribution in [0.1, 0.15) is 43.7 Å². The van der Waals surface area contributed by atoms with Gasteiger partial charge in [-0.05, 0) is 28.2 Å². The lowest BCUT2D eigenvalue weighted by atomic mass is 9.98. The molecule has 0 aliphatic heterocycles. The van der Waals surface area contributed by atoms with E-state index in [1.807, 2.05) is 62.4 Å². The molecule has 0 fully saturated rings. The molecular weight excluding hydrogens is 452 g/mol. The number of nitrogens with one attached hydrogen (secondary N) is 2. The van der Waals surface area contributed by atoms with Crippen LogP contribution in [0, 0.1) is 5.92 Å². The van der Waals surface area contributed by atoms with Gasteiger partial charge in [0.1, 0.15) is 12.6 Å². The summed E-state index contributed by atoms with van der Waals surface area (Å²) in [5.41, 5.74) is 4.42. The fourth-order valence-corrected chi connectivity index (χ4v) is 4.15. The number of carbonyl (C=O) groups excluding carboxylic acids is 3. The summed E-state index contributed by atoms with van der Waals surface area (Å²) in [6.07, 6.45) is -1.33. The number of alkyl carbamates (subject to hydrolysis) is 1. The molecule has 9 nitrogen and oxygen atoms in total. The number of carboxylic acids is 1. The van der Waals surface area contributed by atoms with Gasteiger partial charge in [-0.1, -0.05) is 62.4 Å². The molecule has 2 aromatic rings. The Morgan fingerprint density at radius 3 is 2.00 bits per heavy atom. The fourth-order valence-electron chi connectivity index (χ4n) is 4.15. The van der Waals surface area contributed by atoms with Crippen molar-refractivity contribution in [3.05, 3.63) is 59.7 Å². The normalized spacial score (nSPS) is 13.8. The summed E-state index contributed by atoms with van der Waals surface area (Å²) in [7, 11) is 1.14. The van der Waals surface area contributed by atoms with Crippen LogP contribution in [0.4, 0.5) is 4.79 Å². The van der Waals surface area contributed by atoms with Crippen molar-refractivity contribution < 1.29 is 33.8 Å². The molecule has 3 rings (SSSR count). The summed E-state index contributed by atoms with van der Waals surface area (Å²) < 4.78 is 10.0. The number of hydrogen-bond acceptors (Lipinski definition) is 6. The standard InChI is InChI=1S/C26H30N2O7/c1-15(2)21(12-23(29)27-22(25(31)32)13-24(30)34-3)28-26(33)35-14-20-18-10-6-4-8-16(18)17-9-5-7-11-19(17)20/h4-11,15,20-22H,12-14H2,1-3H3,(H,27,29)(H,28,33)(H,31,32)/t21?,22-/m1/s1. The van der Waals surface area contributed by atoms with Gasteiger partial charge in [-0.25, -0.2) is 9.59 Å². The fraction of sp³-hybridized carbons (Fsp3) is 0.385. The Labute approximate surface area is 203 Å². The summed E-state index contributed by atoms with van der Waals surface area (Å²) in [5.74, 6) is -2.95. The second kappa shape index (κ2) is 11.5. The van der Waals surface area contributed by atoms with E-state index in [9.17, 15) is 24.3 Å². The Morgan fingerprint density at radius 1 is 0.914 bits per heavy atom. The van der Waals surface area contributed by atoms with Gasteiger partial charge in [0.2, 0.25) is 5.91 Å². The van der Waals surface area contributed by atoms with E-state index in [2.05, 4.69) is 15.4 Å². The molecule has 0 saturated carbocycles. The van der Waals surface area contributed by atoms with E-state index in [0.29, 0.717) is 0 Å². The first-order valence-corrected chi connectivity index (χ1v) is 11.4. The van der Waals surface area contributed by atoms with Crippen LogP contribution in [0.3, 0.4) is 0 Å². The number of benzene rings is 2. The average molecular weight is 483 g/mol. The SMILES string of the molecule is COC(=O)C[C@@H](NC(=O)CC(NC(=O)OCC1c2ccccc2-c2ccccc21)C(C)C)C(=O)O. The number of aliphatic carboxylic acids is 1. The number of ether oxygens (including phenoxy) is 2. The summed E-state index contributed by atoms with van der Waals surface area (Å²) in [6, 6.07) is 14.0. The molecule has 0 aromatic heterocycles. The molecule has 186 valence electrons. The zero-order valence-electron chi connectivity index (χ0n) is 19.9. The Morgan fingerprint density at radius 2 is 1.49 bits per heavy atom. The maximum atomic E-state index is 12.6. The topological polar surface area (TPSA) is 131 Å². The number of esters is 1. The van der Waals surface area contributed by atoms with Gasteiger partial charge in [0.05, 0.1) is 13.5 Å². The van der Waals surface area contributed by atoms with Gasteiger partial charge >= 0.3 is 18.0 Å². The van der Waals surface area contributed by atoms with Crippen LogP contribution in [-0.4, -0.2) is 54.8 Å². The van der Waals surface area contributed by atoms with Gasteiger partial charge < -0.3 is 25.2 Å². The molecule has 0 heterocycles. The van der Waals surface area contributed by atoms with Crippen molar-refractivity contribution in [2.75, 3.05) is 13.7 Å². The van der Waals surface area contributed by atoms with Crippen molar-refractivity contribution in [1.82, 2.24) is 10.6 Å². The molecule has 1 aliphatic rings. The van der Waals surface area contributed by atoms with Crippen LogP contribution < -0.4 is 10.6 Å². The van der Waals surface area contributed by atoms with Gasteiger partial charge in [0.15, 0.2) is 0 Å². The first kappa shape index (κ1) is 25.7. The van der Waals surface area contributed by atoms with Crippen LogP contribution >= 0.6 is 0 Å². The molecule has 0 radical (unpaired) electrons. The first-order chi connectivity index (χ1) is 16.7. The second-order valence-corrected chi connectivity index (χ2v) is 8.76.